The summed E-state index contributed by atoms with van der Waals surface area (Å²) in [5.74, 6) is -1.61. The SMILES string of the molecule is O=C(O)CC1C(C(=O)O)[C@@H]2CC[C@H]1C2. The lowest BCUT2D eigenvalue weighted by Gasteiger charge is -2.26. The molecular formula is C10H14O4. The second-order valence-electron chi connectivity index (χ2n) is 4.46. The Hall–Kier alpha value is -1.06. The molecule has 0 spiro atoms. The maximum Gasteiger partial charge on any atom is 0.307 e. The molecule has 4 atom stereocenters. The maximum atomic E-state index is 11.0. The Morgan fingerprint density at radius 2 is 1.79 bits per heavy atom. The van der Waals surface area contributed by atoms with Crippen LogP contribution in [-0.4, -0.2) is 22.2 Å². The smallest absolute Gasteiger partial charge is 0.307 e. The van der Waals surface area contributed by atoms with Gasteiger partial charge in [0, 0.05) is 6.42 Å². The Kier molecular flexibility index (Phi) is 2.21. The van der Waals surface area contributed by atoms with Gasteiger partial charge in [0.05, 0.1) is 5.92 Å². The van der Waals surface area contributed by atoms with E-state index in [0.717, 1.165) is 19.3 Å². The number of hydrogen-bond acceptors (Lipinski definition) is 2. The molecule has 2 bridgehead atoms. The highest BCUT2D eigenvalue weighted by molar-refractivity contribution is 5.74. The van der Waals surface area contributed by atoms with Crippen molar-refractivity contribution in [2.75, 3.05) is 0 Å². The summed E-state index contributed by atoms with van der Waals surface area (Å²) in [7, 11) is 0. The minimum absolute atomic E-state index is 0.0259. The molecule has 2 saturated carbocycles. The monoisotopic (exact) mass is 198 g/mol. The largest absolute Gasteiger partial charge is 0.481 e. The van der Waals surface area contributed by atoms with E-state index in [2.05, 4.69) is 0 Å². The van der Waals surface area contributed by atoms with Crippen LogP contribution in [0.4, 0.5) is 0 Å². The molecule has 2 unspecified atom stereocenters. The van der Waals surface area contributed by atoms with Gasteiger partial charge in [0.1, 0.15) is 0 Å². The van der Waals surface area contributed by atoms with Crippen molar-refractivity contribution >= 4 is 11.9 Å². The van der Waals surface area contributed by atoms with Gasteiger partial charge in [-0.25, -0.2) is 0 Å². The fraction of sp³-hybridized carbons (Fsp3) is 0.800. The van der Waals surface area contributed by atoms with Crippen molar-refractivity contribution in [3.63, 3.8) is 0 Å². The molecule has 2 aliphatic rings. The van der Waals surface area contributed by atoms with E-state index >= 15 is 0 Å². The highest BCUT2D eigenvalue weighted by Crippen LogP contribution is 2.53. The Bertz CT molecular complexity index is 273. The van der Waals surface area contributed by atoms with Gasteiger partial charge in [0.2, 0.25) is 0 Å². The first kappa shape index (κ1) is 9.49. The average molecular weight is 198 g/mol. The van der Waals surface area contributed by atoms with Gasteiger partial charge in [-0.2, -0.15) is 0 Å². The number of carbonyl (C=O) groups is 2. The molecule has 14 heavy (non-hydrogen) atoms. The van der Waals surface area contributed by atoms with Crippen LogP contribution in [0.5, 0.6) is 0 Å². The molecule has 0 aromatic rings. The van der Waals surface area contributed by atoms with Gasteiger partial charge in [-0.15, -0.1) is 0 Å². The fourth-order valence-electron chi connectivity index (χ4n) is 3.29. The first-order valence-electron chi connectivity index (χ1n) is 5.04. The van der Waals surface area contributed by atoms with Gasteiger partial charge >= 0.3 is 11.9 Å². The number of carboxylic acid groups (broad SMARTS) is 2. The zero-order chi connectivity index (χ0) is 10.3. The van der Waals surface area contributed by atoms with Crippen LogP contribution < -0.4 is 0 Å². The minimum Gasteiger partial charge on any atom is -0.481 e. The third-order valence-electron chi connectivity index (χ3n) is 3.78. The van der Waals surface area contributed by atoms with Crippen LogP contribution in [0.1, 0.15) is 25.7 Å². The Morgan fingerprint density at radius 1 is 1.14 bits per heavy atom. The Morgan fingerprint density at radius 3 is 2.36 bits per heavy atom. The van der Waals surface area contributed by atoms with Gasteiger partial charge in [-0.1, -0.05) is 0 Å². The topological polar surface area (TPSA) is 74.6 Å². The van der Waals surface area contributed by atoms with E-state index < -0.39 is 17.9 Å². The molecule has 0 heterocycles. The molecule has 0 aromatic heterocycles. The molecule has 2 N–H and O–H groups in total. The van der Waals surface area contributed by atoms with E-state index in [0.29, 0.717) is 5.92 Å². The second-order valence-corrected chi connectivity index (χ2v) is 4.46. The summed E-state index contributed by atoms with van der Waals surface area (Å²) in [6.07, 6.45) is 2.94. The number of aliphatic carboxylic acids is 2. The van der Waals surface area contributed by atoms with E-state index in [1.54, 1.807) is 0 Å². The molecule has 4 nitrogen and oxygen atoms in total. The molecular weight excluding hydrogens is 184 g/mol. The summed E-state index contributed by atoms with van der Waals surface area (Å²) in [5, 5.41) is 17.7. The van der Waals surface area contributed by atoms with Crippen molar-refractivity contribution in [3.05, 3.63) is 0 Å². The van der Waals surface area contributed by atoms with Crippen molar-refractivity contribution in [2.45, 2.75) is 25.7 Å². The molecule has 0 aliphatic heterocycles. The molecule has 2 aliphatic carbocycles. The standard InChI is InChI=1S/C10H14O4/c11-8(12)4-7-5-1-2-6(3-5)9(7)10(13)14/h5-7,9H,1-4H2,(H,11,12)(H,13,14)/t5-,6+,7?,9?/m0/s1. The van der Waals surface area contributed by atoms with Gasteiger partial charge < -0.3 is 10.2 Å². The van der Waals surface area contributed by atoms with E-state index in [1.165, 1.54) is 0 Å². The zero-order valence-corrected chi connectivity index (χ0v) is 7.85. The van der Waals surface area contributed by atoms with Crippen LogP contribution in [0.2, 0.25) is 0 Å². The molecule has 0 amide bonds. The lowest BCUT2D eigenvalue weighted by Crippen LogP contribution is -2.30. The molecule has 2 rings (SSSR count). The van der Waals surface area contributed by atoms with Crippen molar-refractivity contribution in [1.29, 1.82) is 0 Å². The summed E-state index contributed by atoms with van der Waals surface area (Å²) >= 11 is 0. The van der Waals surface area contributed by atoms with E-state index in [9.17, 15) is 9.59 Å². The molecule has 78 valence electrons. The maximum absolute atomic E-state index is 11.0. The average Bonchev–Trinajstić information content (AvgIpc) is 2.61. The highest BCUT2D eigenvalue weighted by atomic mass is 16.4. The Balaban J connectivity index is 2.13. The van der Waals surface area contributed by atoms with Crippen LogP contribution in [-0.2, 0) is 9.59 Å². The molecule has 0 saturated heterocycles. The van der Waals surface area contributed by atoms with Crippen molar-refractivity contribution in [3.8, 4) is 0 Å². The number of hydrogen-bond donors (Lipinski definition) is 2. The van der Waals surface area contributed by atoms with Crippen molar-refractivity contribution in [2.24, 2.45) is 23.7 Å². The summed E-state index contributed by atoms with van der Waals surface area (Å²) in [5.41, 5.74) is 0. The summed E-state index contributed by atoms with van der Waals surface area (Å²) in [4.78, 5) is 21.6. The fourth-order valence-corrected chi connectivity index (χ4v) is 3.29. The molecule has 2 fully saturated rings. The molecule has 4 heteroatoms. The van der Waals surface area contributed by atoms with Gasteiger partial charge in [-0.05, 0) is 37.0 Å². The van der Waals surface area contributed by atoms with E-state index in [4.69, 9.17) is 10.2 Å². The molecule has 0 radical (unpaired) electrons. The molecule has 0 aromatic carbocycles. The lowest BCUT2D eigenvalue weighted by atomic mass is 9.77. The quantitative estimate of drug-likeness (QED) is 0.714. The lowest BCUT2D eigenvalue weighted by molar-refractivity contribution is -0.147. The van der Waals surface area contributed by atoms with E-state index in [1.807, 2.05) is 0 Å². The third-order valence-corrected chi connectivity index (χ3v) is 3.78. The second kappa shape index (κ2) is 3.26. The predicted molar refractivity (Wildman–Crippen MR) is 47.7 cm³/mol. The number of carboxylic acids is 2. The van der Waals surface area contributed by atoms with Crippen LogP contribution in [0.3, 0.4) is 0 Å². The summed E-state index contributed by atoms with van der Waals surface area (Å²) in [6, 6.07) is 0. The van der Waals surface area contributed by atoms with E-state index in [-0.39, 0.29) is 18.3 Å². The zero-order valence-electron chi connectivity index (χ0n) is 7.85. The number of fused-ring (bicyclic) bond motifs is 2. The highest BCUT2D eigenvalue weighted by Gasteiger charge is 2.51. The van der Waals surface area contributed by atoms with Crippen LogP contribution in [0.25, 0.3) is 0 Å². The van der Waals surface area contributed by atoms with Crippen LogP contribution in [0.15, 0.2) is 0 Å². The summed E-state index contributed by atoms with van der Waals surface area (Å²) < 4.78 is 0. The first-order valence-corrected chi connectivity index (χ1v) is 5.04. The summed E-state index contributed by atoms with van der Waals surface area (Å²) in [6.45, 7) is 0. The first-order chi connectivity index (χ1) is 6.59. The van der Waals surface area contributed by atoms with Crippen molar-refractivity contribution < 1.29 is 19.8 Å². The number of rotatable bonds is 3. The van der Waals surface area contributed by atoms with Gasteiger partial charge in [0.25, 0.3) is 0 Å². The van der Waals surface area contributed by atoms with Crippen molar-refractivity contribution in [1.82, 2.24) is 0 Å². The van der Waals surface area contributed by atoms with Gasteiger partial charge in [-0.3, -0.25) is 9.59 Å². The van der Waals surface area contributed by atoms with Crippen LogP contribution >= 0.6 is 0 Å². The third kappa shape index (κ3) is 1.38. The Labute approximate surface area is 81.9 Å². The van der Waals surface area contributed by atoms with Crippen LogP contribution in [0, 0.1) is 23.7 Å². The minimum atomic E-state index is -0.867. The normalized spacial score (nSPS) is 40.0. The van der Waals surface area contributed by atoms with Gasteiger partial charge in [0.15, 0.2) is 0 Å². The predicted octanol–water partition coefficient (Wildman–Crippen LogP) is 1.21.